The minimum atomic E-state index is -0.201. The maximum atomic E-state index is 12.6. The van der Waals surface area contributed by atoms with Gasteiger partial charge in [0.15, 0.2) is 5.82 Å². The SMILES string of the molecule is CCc1noc(CCNC(=O)[C@H]2CNC[C@@H](C(=O)N3CCOCC3)C2)n1. The molecule has 0 saturated carbocycles. The largest absolute Gasteiger partial charge is 0.378 e. The lowest BCUT2D eigenvalue weighted by atomic mass is 9.88. The molecule has 2 aliphatic heterocycles. The maximum absolute atomic E-state index is 12.6. The van der Waals surface area contributed by atoms with Gasteiger partial charge in [0.2, 0.25) is 17.7 Å². The molecule has 0 aliphatic carbocycles. The number of rotatable bonds is 6. The lowest BCUT2D eigenvalue weighted by Crippen LogP contribution is -2.51. The van der Waals surface area contributed by atoms with Gasteiger partial charge in [-0.05, 0) is 6.42 Å². The molecule has 26 heavy (non-hydrogen) atoms. The normalized spacial score (nSPS) is 23.7. The Morgan fingerprint density at radius 3 is 2.77 bits per heavy atom. The molecule has 3 rings (SSSR count). The Morgan fingerprint density at radius 1 is 1.27 bits per heavy atom. The quantitative estimate of drug-likeness (QED) is 0.691. The molecule has 0 aromatic carbocycles. The monoisotopic (exact) mass is 365 g/mol. The Bertz CT molecular complexity index is 614. The minimum absolute atomic E-state index is 0.0350. The number of hydrogen-bond donors (Lipinski definition) is 2. The molecule has 0 radical (unpaired) electrons. The van der Waals surface area contributed by atoms with Crippen molar-refractivity contribution in [1.29, 1.82) is 0 Å². The summed E-state index contributed by atoms with van der Waals surface area (Å²) >= 11 is 0. The van der Waals surface area contributed by atoms with Gasteiger partial charge in [-0.1, -0.05) is 12.1 Å². The molecule has 9 heteroatoms. The van der Waals surface area contributed by atoms with Crippen LogP contribution in [0.5, 0.6) is 0 Å². The number of piperidine rings is 1. The zero-order chi connectivity index (χ0) is 18.4. The molecular formula is C17H27N5O4. The highest BCUT2D eigenvalue weighted by Crippen LogP contribution is 2.19. The van der Waals surface area contributed by atoms with E-state index in [0.29, 0.717) is 70.5 Å². The zero-order valence-electron chi connectivity index (χ0n) is 15.2. The fraction of sp³-hybridized carbons (Fsp3) is 0.765. The third-order valence-corrected chi connectivity index (χ3v) is 4.86. The van der Waals surface area contributed by atoms with Crippen LogP contribution in [0.3, 0.4) is 0 Å². The summed E-state index contributed by atoms with van der Waals surface area (Å²) in [6.45, 7) is 6.08. The summed E-state index contributed by atoms with van der Waals surface area (Å²) in [6, 6.07) is 0. The van der Waals surface area contributed by atoms with E-state index in [9.17, 15) is 9.59 Å². The van der Waals surface area contributed by atoms with Crippen LogP contribution in [0.1, 0.15) is 25.1 Å². The molecule has 2 atom stereocenters. The molecule has 1 aromatic heterocycles. The summed E-state index contributed by atoms with van der Waals surface area (Å²) in [7, 11) is 0. The Kier molecular flexibility index (Phi) is 6.56. The number of nitrogens with one attached hydrogen (secondary N) is 2. The second-order valence-electron chi connectivity index (χ2n) is 6.72. The van der Waals surface area contributed by atoms with Crippen LogP contribution < -0.4 is 10.6 Å². The first kappa shape index (κ1) is 18.8. The van der Waals surface area contributed by atoms with Gasteiger partial charge in [-0.15, -0.1) is 0 Å². The highest BCUT2D eigenvalue weighted by Gasteiger charge is 2.33. The molecule has 0 unspecified atom stereocenters. The number of morpholine rings is 1. The minimum Gasteiger partial charge on any atom is -0.378 e. The van der Waals surface area contributed by atoms with Gasteiger partial charge in [0.25, 0.3) is 0 Å². The van der Waals surface area contributed by atoms with Crippen molar-refractivity contribution in [1.82, 2.24) is 25.7 Å². The molecule has 3 heterocycles. The van der Waals surface area contributed by atoms with Crippen molar-refractivity contribution >= 4 is 11.8 Å². The summed E-state index contributed by atoms with van der Waals surface area (Å²) in [5, 5.41) is 9.98. The van der Waals surface area contributed by atoms with E-state index in [4.69, 9.17) is 9.26 Å². The number of amides is 2. The molecule has 144 valence electrons. The molecule has 2 N–H and O–H groups in total. The fourth-order valence-electron chi connectivity index (χ4n) is 3.34. The second-order valence-corrected chi connectivity index (χ2v) is 6.72. The van der Waals surface area contributed by atoms with E-state index >= 15 is 0 Å². The molecular weight excluding hydrogens is 338 g/mol. The van der Waals surface area contributed by atoms with Crippen molar-refractivity contribution in [3.63, 3.8) is 0 Å². The maximum Gasteiger partial charge on any atom is 0.228 e. The molecule has 9 nitrogen and oxygen atoms in total. The van der Waals surface area contributed by atoms with Gasteiger partial charge in [-0.3, -0.25) is 9.59 Å². The van der Waals surface area contributed by atoms with Gasteiger partial charge in [0.05, 0.1) is 25.0 Å². The topological polar surface area (TPSA) is 110 Å². The van der Waals surface area contributed by atoms with Gasteiger partial charge in [0, 0.05) is 45.6 Å². The number of carbonyl (C=O) groups is 2. The van der Waals surface area contributed by atoms with Crippen molar-refractivity contribution in [2.24, 2.45) is 11.8 Å². The Morgan fingerprint density at radius 2 is 2.04 bits per heavy atom. The first-order valence-electron chi connectivity index (χ1n) is 9.33. The number of nitrogens with zero attached hydrogens (tertiary/aromatic N) is 3. The smallest absolute Gasteiger partial charge is 0.228 e. The third kappa shape index (κ3) is 4.79. The Labute approximate surface area is 152 Å². The molecule has 0 spiro atoms. The number of aromatic nitrogens is 2. The molecule has 1 aromatic rings. The Balaban J connectivity index is 1.44. The number of carbonyl (C=O) groups excluding carboxylic acids is 2. The van der Waals surface area contributed by atoms with E-state index in [1.807, 2.05) is 11.8 Å². The number of hydrogen-bond acceptors (Lipinski definition) is 7. The Hall–Kier alpha value is -2.00. The summed E-state index contributed by atoms with van der Waals surface area (Å²) in [4.78, 5) is 31.1. The molecule has 2 fully saturated rings. The third-order valence-electron chi connectivity index (χ3n) is 4.86. The van der Waals surface area contributed by atoms with E-state index in [1.54, 1.807) is 0 Å². The molecule has 2 saturated heterocycles. The summed E-state index contributed by atoms with van der Waals surface area (Å²) in [6.07, 6.45) is 1.81. The van der Waals surface area contributed by atoms with Crippen molar-refractivity contribution < 1.29 is 18.8 Å². The molecule has 2 aliphatic rings. The van der Waals surface area contributed by atoms with E-state index in [2.05, 4.69) is 20.8 Å². The number of ether oxygens (including phenoxy) is 1. The average molecular weight is 365 g/mol. The fourth-order valence-corrected chi connectivity index (χ4v) is 3.34. The van der Waals surface area contributed by atoms with Gasteiger partial charge in [-0.2, -0.15) is 4.98 Å². The highest BCUT2D eigenvalue weighted by molar-refractivity contribution is 5.83. The van der Waals surface area contributed by atoms with Gasteiger partial charge < -0.3 is 24.8 Å². The van der Waals surface area contributed by atoms with Crippen molar-refractivity contribution in [3.8, 4) is 0 Å². The van der Waals surface area contributed by atoms with E-state index in [-0.39, 0.29) is 23.7 Å². The van der Waals surface area contributed by atoms with Crippen LogP contribution >= 0.6 is 0 Å². The van der Waals surface area contributed by atoms with Crippen LogP contribution in [0.25, 0.3) is 0 Å². The van der Waals surface area contributed by atoms with Crippen LogP contribution in [0, 0.1) is 11.8 Å². The predicted octanol–water partition coefficient (Wildman–Crippen LogP) is -0.625. The van der Waals surface area contributed by atoms with Crippen LogP contribution in [-0.4, -0.2) is 72.8 Å². The van der Waals surface area contributed by atoms with Gasteiger partial charge in [0.1, 0.15) is 0 Å². The summed E-state index contributed by atoms with van der Waals surface area (Å²) in [5.74, 6) is 0.938. The summed E-state index contributed by atoms with van der Waals surface area (Å²) in [5.41, 5.74) is 0. The standard InChI is InChI=1S/C17H27N5O4/c1-2-14-20-15(26-21-14)3-4-19-16(23)12-9-13(11-18-10-12)17(24)22-5-7-25-8-6-22/h12-13,18H,2-11H2,1H3,(H,19,23)/t12-,13+/m1/s1. The first-order chi connectivity index (χ1) is 12.7. The molecule has 2 amide bonds. The highest BCUT2D eigenvalue weighted by atomic mass is 16.5. The average Bonchev–Trinajstić information content (AvgIpc) is 3.16. The number of aryl methyl sites for hydroxylation is 1. The van der Waals surface area contributed by atoms with Crippen LogP contribution in [0.4, 0.5) is 0 Å². The lowest BCUT2D eigenvalue weighted by Gasteiger charge is -2.34. The van der Waals surface area contributed by atoms with Crippen molar-refractivity contribution in [3.05, 3.63) is 11.7 Å². The van der Waals surface area contributed by atoms with E-state index < -0.39 is 0 Å². The van der Waals surface area contributed by atoms with Crippen LogP contribution in [0.15, 0.2) is 4.52 Å². The lowest BCUT2D eigenvalue weighted by molar-refractivity contribution is -0.141. The van der Waals surface area contributed by atoms with E-state index in [1.165, 1.54) is 0 Å². The molecule has 0 bridgehead atoms. The second kappa shape index (κ2) is 9.09. The van der Waals surface area contributed by atoms with Gasteiger partial charge >= 0.3 is 0 Å². The van der Waals surface area contributed by atoms with Gasteiger partial charge in [-0.25, -0.2) is 0 Å². The summed E-state index contributed by atoms with van der Waals surface area (Å²) < 4.78 is 10.4. The first-order valence-corrected chi connectivity index (χ1v) is 9.33. The zero-order valence-corrected chi connectivity index (χ0v) is 15.2. The van der Waals surface area contributed by atoms with Crippen LogP contribution in [0.2, 0.25) is 0 Å². The van der Waals surface area contributed by atoms with Crippen molar-refractivity contribution in [2.75, 3.05) is 45.9 Å². The van der Waals surface area contributed by atoms with Crippen molar-refractivity contribution in [2.45, 2.75) is 26.2 Å². The van der Waals surface area contributed by atoms with E-state index in [0.717, 1.165) is 6.42 Å². The van der Waals surface area contributed by atoms with Crippen LogP contribution in [-0.2, 0) is 27.2 Å². The predicted molar refractivity (Wildman–Crippen MR) is 92.3 cm³/mol.